The summed E-state index contributed by atoms with van der Waals surface area (Å²) < 4.78 is 25.9. The van der Waals surface area contributed by atoms with Gasteiger partial charge in [0.2, 0.25) is 0 Å². The van der Waals surface area contributed by atoms with Gasteiger partial charge in [-0.05, 0) is 26.9 Å². The van der Waals surface area contributed by atoms with Gasteiger partial charge in [0.1, 0.15) is 0 Å². The van der Waals surface area contributed by atoms with Crippen molar-refractivity contribution in [2.45, 2.75) is 26.2 Å². The highest BCUT2D eigenvalue weighted by Crippen LogP contribution is 2.42. The van der Waals surface area contributed by atoms with Crippen molar-refractivity contribution in [3.05, 3.63) is 0 Å². The Labute approximate surface area is 66.4 Å². The minimum Gasteiger partial charge on any atom is -0.306 e. The van der Waals surface area contributed by atoms with Crippen molar-refractivity contribution in [3.8, 4) is 0 Å². The average Bonchev–Trinajstić information content (AvgIpc) is 2.10. The molecule has 0 aromatic rings. The minimum absolute atomic E-state index is 0.510. The van der Waals surface area contributed by atoms with Gasteiger partial charge in [0.15, 0.2) is 0 Å². The highest BCUT2D eigenvalue weighted by atomic mass is 19.3. The predicted molar refractivity (Wildman–Crippen MR) is 40.8 cm³/mol. The summed E-state index contributed by atoms with van der Waals surface area (Å²) >= 11 is 0. The standard InChI is InChI=1S/C8H15F2N/c1-7(8(2,9)10)4-5-11(3)6-7/h4-6H2,1-3H3. The van der Waals surface area contributed by atoms with E-state index in [1.807, 2.05) is 11.9 Å². The van der Waals surface area contributed by atoms with Crippen LogP contribution in [-0.4, -0.2) is 31.0 Å². The Morgan fingerprint density at radius 1 is 1.45 bits per heavy atom. The highest BCUT2D eigenvalue weighted by molar-refractivity contribution is 4.93. The number of likely N-dealkylation sites (tertiary alicyclic amines) is 1. The van der Waals surface area contributed by atoms with E-state index in [1.165, 1.54) is 0 Å². The first kappa shape index (κ1) is 8.91. The molecule has 0 amide bonds. The quantitative estimate of drug-likeness (QED) is 0.571. The molecule has 0 saturated carbocycles. The van der Waals surface area contributed by atoms with Gasteiger partial charge < -0.3 is 4.90 Å². The van der Waals surface area contributed by atoms with E-state index in [0.717, 1.165) is 13.5 Å². The smallest absolute Gasteiger partial charge is 0.251 e. The Bertz CT molecular complexity index is 153. The largest absolute Gasteiger partial charge is 0.306 e. The van der Waals surface area contributed by atoms with E-state index in [4.69, 9.17) is 0 Å². The molecule has 0 bridgehead atoms. The van der Waals surface area contributed by atoms with Crippen molar-refractivity contribution in [3.63, 3.8) is 0 Å². The summed E-state index contributed by atoms with van der Waals surface area (Å²) in [6.45, 7) is 3.99. The van der Waals surface area contributed by atoms with Gasteiger partial charge in [-0.25, -0.2) is 8.78 Å². The first-order valence-electron chi connectivity index (χ1n) is 3.91. The summed E-state index contributed by atoms with van der Waals surface area (Å²) in [5.74, 6) is -2.54. The van der Waals surface area contributed by atoms with Gasteiger partial charge in [-0.3, -0.25) is 0 Å². The van der Waals surface area contributed by atoms with Crippen LogP contribution in [0.2, 0.25) is 0 Å². The summed E-state index contributed by atoms with van der Waals surface area (Å²) in [6.07, 6.45) is 0.604. The van der Waals surface area contributed by atoms with E-state index >= 15 is 0 Å². The maximum absolute atomic E-state index is 13.0. The SMILES string of the molecule is CN1CCC(C)(C(C)(F)F)C1. The molecular weight excluding hydrogens is 148 g/mol. The van der Waals surface area contributed by atoms with E-state index in [0.29, 0.717) is 13.0 Å². The fraction of sp³-hybridized carbons (Fsp3) is 1.00. The molecule has 0 radical (unpaired) electrons. The zero-order chi connectivity index (χ0) is 8.70. The molecular formula is C8H15F2N. The second kappa shape index (κ2) is 2.41. The molecule has 1 unspecified atom stereocenters. The van der Waals surface area contributed by atoms with Crippen molar-refractivity contribution in [1.29, 1.82) is 0 Å². The first-order valence-corrected chi connectivity index (χ1v) is 3.91. The molecule has 3 heteroatoms. The van der Waals surface area contributed by atoms with Gasteiger partial charge in [-0.2, -0.15) is 0 Å². The second-order valence-electron chi connectivity index (χ2n) is 3.94. The van der Waals surface area contributed by atoms with Crippen LogP contribution in [-0.2, 0) is 0 Å². The number of alkyl halides is 2. The molecule has 0 aromatic carbocycles. The van der Waals surface area contributed by atoms with Crippen molar-refractivity contribution in [2.75, 3.05) is 20.1 Å². The Hall–Kier alpha value is -0.180. The van der Waals surface area contributed by atoms with Crippen LogP contribution in [0.5, 0.6) is 0 Å². The van der Waals surface area contributed by atoms with E-state index in [-0.39, 0.29) is 0 Å². The van der Waals surface area contributed by atoms with Gasteiger partial charge in [0.05, 0.1) is 0 Å². The van der Waals surface area contributed by atoms with Crippen LogP contribution in [0.3, 0.4) is 0 Å². The minimum atomic E-state index is -2.54. The zero-order valence-electron chi connectivity index (χ0n) is 7.32. The zero-order valence-corrected chi connectivity index (χ0v) is 7.32. The van der Waals surface area contributed by atoms with Crippen molar-refractivity contribution < 1.29 is 8.78 Å². The van der Waals surface area contributed by atoms with Crippen molar-refractivity contribution in [1.82, 2.24) is 4.90 Å². The van der Waals surface area contributed by atoms with Crippen LogP contribution < -0.4 is 0 Å². The number of nitrogens with zero attached hydrogens (tertiary/aromatic N) is 1. The Morgan fingerprint density at radius 2 is 2.00 bits per heavy atom. The summed E-state index contributed by atoms with van der Waals surface area (Å²) in [4.78, 5) is 1.96. The van der Waals surface area contributed by atoms with Crippen LogP contribution in [0.1, 0.15) is 20.3 Å². The third kappa shape index (κ3) is 1.53. The molecule has 0 N–H and O–H groups in total. The topological polar surface area (TPSA) is 3.24 Å². The molecule has 1 aliphatic heterocycles. The van der Waals surface area contributed by atoms with E-state index < -0.39 is 11.3 Å². The van der Waals surface area contributed by atoms with Gasteiger partial charge in [0, 0.05) is 12.0 Å². The lowest BCUT2D eigenvalue weighted by atomic mass is 9.83. The second-order valence-corrected chi connectivity index (χ2v) is 3.94. The van der Waals surface area contributed by atoms with Gasteiger partial charge in [-0.15, -0.1) is 0 Å². The summed E-state index contributed by atoms with van der Waals surface area (Å²) in [5, 5.41) is 0. The molecule has 1 heterocycles. The Morgan fingerprint density at radius 3 is 2.18 bits per heavy atom. The molecule has 1 atom stereocenters. The molecule has 0 aliphatic carbocycles. The van der Waals surface area contributed by atoms with Gasteiger partial charge in [-0.1, -0.05) is 6.92 Å². The number of hydrogen-bond donors (Lipinski definition) is 0. The van der Waals surface area contributed by atoms with Crippen LogP contribution in [0.25, 0.3) is 0 Å². The number of halogens is 2. The third-order valence-corrected chi connectivity index (χ3v) is 2.72. The Kier molecular flexibility index (Phi) is 1.95. The van der Waals surface area contributed by atoms with Crippen LogP contribution in [0.15, 0.2) is 0 Å². The lowest BCUT2D eigenvalue weighted by molar-refractivity contribution is -0.0907. The molecule has 1 rings (SSSR count). The third-order valence-electron chi connectivity index (χ3n) is 2.72. The number of hydrogen-bond acceptors (Lipinski definition) is 1. The normalized spacial score (nSPS) is 34.6. The molecule has 1 fully saturated rings. The molecule has 11 heavy (non-hydrogen) atoms. The first-order chi connectivity index (χ1) is 4.85. The molecule has 0 spiro atoms. The van der Waals surface area contributed by atoms with Crippen LogP contribution in [0, 0.1) is 5.41 Å². The molecule has 0 aromatic heterocycles. The predicted octanol–water partition coefficient (Wildman–Crippen LogP) is 1.98. The lowest BCUT2D eigenvalue weighted by Crippen LogP contribution is -2.38. The van der Waals surface area contributed by atoms with Crippen molar-refractivity contribution >= 4 is 0 Å². The molecule has 1 saturated heterocycles. The molecule has 66 valence electrons. The monoisotopic (exact) mass is 163 g/mol. The fourth-order valence-corrected chi connectivity index (χ4v) is 1.55. The molecule has 1 nitrogen and oxygen atoms in total. The van der Waals surface area contributed by atoms with Gasteiger partial charge in [0.25, 0.3) is 5.92 Å². The van der Waals surface area contributed by atoms with E-state index in [1.54, 1.807) is 6.92 Å². The number of rotatable bonds is 1. The molecule has 1 aliphatic rings. The average molecular weight is 163 g/mol. The summed E-state index contributed by atoms with van der Waals surface area (Å²) in [7, 11) is 1.89. The lowest BCUT2D eigenvalue weighted by Gasteiger charge is -2.30. The summed E-state index contributed by atoms with van der Waals surface area (Å²) in [5.41, 5.74) is -0.804. The van der Waals surface area contributed by atoms with Crippen molar-refractivity contribution in [2.24, 2.45) is 5.41 Å². The van der Waals surface area contributed by atoms with Crippen LogP contribution >= 0.6 is 0 Å². The van der Waals surface area contributed by atoms with E-state index in [2.05, 4.69) is 0 Å². The van der Waals surface area contributed by atoms with E-state index in [9.17, 15) is 8.78 Å². The Balaban J connectivity index is 2.69. The maximum Gasteiger partial charge on any atom is 0.251 e. The van der Waals surface area contributed by atoms with Gasteiger partial charge >= 0.3 is 0 Å². The van der Waals surface area contributed by atoms with Crippen LogP contribution in [0.4, 0.5) is 8.78 Å². The summed E-state index contributed by atoms with van der Waals surface area (Å²) in [6, 6.07) is 0. The highest BCUT2D eigenvalue weighted by Gasteiger charge is 2.49. The fourth-order valence-electron chi connectivity index (χ4n) is 1.55. The maximum atomic E-state index is 13.0.